The van der Waals surface area contributed by atoms with Crippen molar-refractivity contribution >= 4 is 44.7 Å². The molecule has 7 nitrogen and oxygen atoms in total. The number of benzene rings is 2. The maximum absolute atomic E-state index is 11.7. The van der Waals surface area contributed by atoms with E-state index in [4.69, 9.17) is 16.3 Å². The van der Waals surface area contributed by atoms with E-state index in [1.54, 1.807) is 13.3 Å². The van der Waals surface area contributed by atoms with Crippen LogP contribution in [0.3, 0.4) is 0 Å². The van der Waals surface area contributed by atoms with Gasteiger partial charge in [-0.1, -0.05) is 17.7 Å². The summed E-state index contributed by atoms with van der Waals surface area (Å²) in [4.78, 5) is 2.17. The average Bonchev–Trinajstić information content (AvgIpc) is 2.77. The Labute approximate surface area is 182 Å². The van der Waals surface area contributed by atoms with Crippen molar-refractivity contribution in [2.45, 2.75) is 6.54 Å². The molecule has 0 radical (unpaired) electrons. The number of ether oxygens (including phenoxy) is 1. The van der Waals surface area contributed by atoms with Gasteiger partial charge in [0.1, 0.15) is 5.75 Å². The molecule has 0 spiro atoms. The van der Waals surface area contributed by atoms with Crippen LogP contribution in [0, 0.1) is 11.3 Å². The van der Waals surface area contributed by atoms with E-state index < -0.39 is 10.8 Å². The van der Waals surface area contributed by atoms with Crippen LogP contribution >= 0.6 is 11.6 Å². The van der Waals surface area contributed by atoms with Gasteiger partial charge in [-0.25, -0.2) is 0 Å². The lowest BCUT2D eigenvalue weighted by atomic mass is 10.1. The van der Waals surface area contributed by atoms with Gasteiger partial charge in [0, 0.05) is 58.4 Å². The molecule has 0 atom stereocenters. The van der Waals surface area contributed by atoms with E-state index >= 15 is 0 Å². The summed E-state index contributed by atoms with van der Waals surface area (Å²) in [6, 6.07) is 11.5. The van der Waals surface area contributed by atoms with Crippen molar-refractivity contribution in [3.63, 3.8) is 0 Å². The summed E-state index contributed by atoms with van der Waals surface area (Å²) in [6.45, 7) is 1.87. The third-order valence-corrected chi connectivity index (χ3v) is 6.65. The first-order valence-electron chi connectivity index (χ1n) is 9.45. The lowest BCUT2D eigenvalue weighted by Crippen LogP contribution is -2.37. The number of anilines is 2. The van der Waals surface area contributed by atoms with Gasteiger partial charge in [-0.2, -0.15) is 10.4 Å². The molecule has 1 fully saturated rings. The number of nitrogens with one attached hydrogen (secondary N) is 1. The first kappa shape index (κ1) is 20.4. The van der Waals surface area contributed by atoms with Gasteiger partial charge in [0.05, 0.1) is 30.0 Å². The smallest absolute Gasteiger partial charge is 0.156 e. The normalized spacial score (nSPS) is 14.5. The van der Waals surface area contributed by atoms with Crippen LogP contribution in [0.15, 0.2) is 36.5 Å². The van der Waals surface area contributed by atoms with Crippen LogP contribution in [0.5, 0.6) is 5.75 Å². The molecule has 0 bridgehead atoms. The molecule has 1 aromatic heterocycles. The van der Waals surface area contributed by atoms with Gasteiger partial charge < -0.3 is 15.0 Å². The molecule has 9 heteroatoms. The van der Waals surface area contributed by atoms with Gasteiger partial charge in [-0.05, 0) is 29.8 Å². The summed E-state index contributed by atoms with van der Waals surface area (Å²) in [6.07, 6.45) is 1.72. The van der Waals surface area contributed by atoms with Gasteiger partial charge in [0.2, 0.25) is 0 Å². The summed E-state index contributed by atoms with van der Waals surface area (Å²) in [7, 11) is 0.803. The highest BCUT2D eigenvalue weighted by Gasteiger charge is 2.19. The summed E-state index contributed by atoms with van der Waals surface area (Å²) in [5.41, 5.74) is 2.44. The first-order chi connectivity index (χ1) is 14.6. The highest BCUT2D eigenvalue weighted by atomic mass is 35.5. The van der Waals surface area contributed by atoms with E-state index in [2.05, 4.69) is 26.5 Å². The molecule has 2 heterocycles. The Balaban J connectivity index is 1.67. The Bertz CT molecular complexity index is 1150. The minimum absolute atomic E-state index is 0.492. The first-order valence-corrected chi connectivity index (χ1v) is 11.3. The lowest BCUT2D eigenvalue weighted by molar-refractivity contribution is 0.415. The molecule has 1 aliphatic rings. The highest BCUT2D eigenvalue weighted by molar-refractivity contribution is 7.85. The van der Waals surface area contributed by atoms with Crippen molar-refractivity contribution in [2.24, 2.45) is 0 Å². The average molecular weight is 442 g/mol. The van der Waals surface area contributed by atoms with Crippen LogP contribution in [0.25, 0.3) is 10.8 Å². The Kier molecular flexibility index (Phi) is 6.02. The van der Waals surface area contributed by atoms with Crippen molar-refractivity contribution in [1.29, 1.82) is 5.26 Å². The fourth-order valence-electron chi connectivity index (χ4n) is 3.51. The quantitative estimate of drug-likeness (QED) is 0.649. The number of hydrogen-bond acceptors (Lipinski definition) is 7. The van der Waals surface area contributed by atoms with Crippen LogP contribution in [0.2, 0.25) is 5.02 Å². The van der Waals surface area contributed by atoms with Gasteiger partial charge >= 0.3 is 0 Å². The van der Waals surface area contributed by atoms with E-state index in [-0.39, 0.29) is 0 Å². The topological polar surface area (TPSA) is 91.1 Å². The molecular weight excluding hydrogens is 422 g/mol. The van der Waals surface area contributed by atoms with Crippen molar-refractivity contribution < 1.29 is 8.95 Å². The second-order valence-corrected chi connectivity index (χ2v) is 9.02. The number of aromatic nitrogens is 2. The van der Waals surface area contributed by atoms with Crippen LogP contribution < -0.4 is 15.0 Å². The number of nitriles is 1. The van der Waals surface area contributed by atoms with Gasteiger partial charge in [0.25, 0.3) is 0 Å². The van der Waals surface area contributed by atoms with E-state index in [1.165, 1.54) is 0 Å². The van der Waals surface area contributed by atoms with Crippen molar-refractivity contribution in [3.05, 3.63) is 52.7 Å². The third-order valence-electron chi connectivity index (χ3n) is 5.08. The summed E-state index contributed by atoms with van der Waals surface area (Å²) in [5, 5.41) is 23.5. The van der Waals surface area contributed by atoms with E-state index in [1.807, 2.05) is 30.3 Å². The fourth-order valence-corrected chi connectivity index (χ4v) is 4.84. The maximum Gasteiger partial charge on any atom is 0.156 e. The van der Waals surface area contributed by atoms with Gasteiger partial charge in [0.15, 0.2) is 5.82 Å². The molecule has 4 rings (SSSR count). The number of halogens is 1. The summed E-state index contributed by atoms with van der Waals surface area (Å²) < 4.78 is 16.9. The Hall–Kier alpha value is -2.89. The zero-order valence-electron chi connectivity index (χ0n) is 16.4. The molecule has 154 valence electrons. The second kappa shape index (κ2) is 8.86. The number of rotatable bonds is 5. The number of hydrogen-bond donors (Lipinski definition) is 1. The predicted octanol–water partition coefficient (Wildman–Crippen LogP) is 3.34. The van der Waals surface area contributed by atoms with Crippen molar-refractivity contribution in [1.82, 2.24) is 10.2 Å². The third kappa shape index (κ3) is 4.18. The molecule has 1 aliphatic heterocycles. The van der Waals surface area contributed by atoms with E-state index in [0.29, 0.717) is 53.3 Å². The monoisotopic (exact) mass is 441 g/mol. The lowest BCUT2D eigenvalue weighted by Gasteiger charge is -2.29. The molecule has 2 aromatic carbocycles. The molecule has 1 N–H and O–H groups in total. The molecule has 0 amide bonds. The Morgan fingerprint density at radius 1 is 1.27 bits per heavy atom. The van der Waals surface area contributed by atoms with Crippen molar-refractivity contribution in [3.8, 4) is 11.8 Å². The maximum atomic E-state index is 11.7. The number of nitrogens with zero attached hydrogens (tertiary/aromatic N) is 4. The number of methoxy groups -OCH3 is 1. The molecule has 0 aliphatic carbocycles. The molecule has 30 heavy (non-hydrogen) atoms. The molecule has 1 saturated heterocycles. The van der Waals surface area contributed by atoms with E-state index in [0.717, 1.165) is 22.0 Å². The van der Waals surface area contributed by atoms with Gasteiger partial charge in [-0.15, -0.1) is 5.10 Å². The second-order valence-electron chi connectivity index (χ2n) is 6.92. The zero-order chi connectivity index (χ0) is 21.1. The summed E-state index contributed by atoms with van der Waals surface area (Å²) in [5.74, 6) is 2.47. The van der Waals surface area contributed by atoms with Gasteiger partial charge in [-0.3, -0.25) is 4.21 Å². The zero-order valence-corrected chi connectivity index (χ0v) is 18.0. The van der Waals surface area contributed by atoms with Crippen LogP contribution in [-0.4, -0.2) is 46.1 Å². The molecule has 0 saturated carbocycles. The Morgan fingerprint density at radius 3 is 2.77 bits per heavy atom. The summed E-state index contributed by atoms with van der Waals surface area (Å²) >= 11 is 6.22. The molecule has 0 unspecified atom stereocenters. The minimum Gasteiger partial charge on any atom is -0.495 e. The highest BCUT2D eigenvalue weighted by Crippen LogP contribution is 2.32. The largest absolute Gasteiger partial charge is 0.495 e. The van der Waals surface area contributed by atoms with Crippen LogP contribution in [0.4, 0.5) is 11.5 Å². The standard InChI is InChI=1S/C21H20ClN5O2S/c1-29-20-3-2-14(9-18(20)22)12-24-21-16-8-15(11-23)10-19(17(16)13-25-26-21)27-4-6-30(28)7-5-27/h2-3,8-10,13H,4-7,12H2,1H3,(H,24,26). The fraction of sp³-hybridized carbons (Fsp3) is 0.286. The minimum atomic E-state index is -0.775. The van der Waals surface area contributed by atoms with Crippen LogP contribution in [0.1, 0.15) is 11.1 Å². The van der Waals surface area contributed by atoms with E-state index in [9.17, 15) is 9.47 Å². The van der Waals surface area contributed by atoms with Crippen molar-refractivity contribution in [2.75, 3.05) is 41.9 Å². The Morgan fingerprint density at radius 2 is 2.07 bits per heavy atom. The molecule has 3 aromatic rings. The van der Waals surface area contributed by atoms with Crippen LogP contribution in [-0.2, 0) is 17.3 Å². The molecular formula is C21H20ClN5O2S. The SMILES string of the molecule is COc1ccc(CNc2nncc3c(N4CCS(=O)CC4)cc(C#N)cc23)cc1Cl. The predicted molar refractivity (Wildman–Crippen MR) is 120 cm³/mol. The number of fused-ring (bicyclic) bond motifs is 1.